The Morgan fingerprint density at radius 3 is 2.88 bits per heavy atom. The predicted molar refractivity (Wildman–Crippen MR) is 73.4 cm³/mol. The van der Waals surface area contributed by atoms with Crippen molar-refractivity contribution in [3.63, 3.8) is 0 Å². The van der Waals surface area contributed by atoms with Crippen LogP contribution in [0.1, 0.15) is 50.0 Å². The summed E-state index contributed by atoms with van der Waals surface area (Å²) < 4.78 is 2.63. The standard InChI is InChI=1S/C13H18OS2/c1-2-3-4-5-6-10(14)12-9-13-11(16-12)7-8-15-13/h7-10,14H,2-6H2,1H3. The summed E-state index contributed by atoms with van der Waals surface area (Å²) in [4.78, 5) is 1.14. The van der Waals surface area contributed by atoms with Crippen molar-refractivity contribution in [3.8, 4) is 0 Å². The van der Waals surface area contributed by atoms with E-state index in [0.29, 0.717) is 0 Å². The predicted octanol–water partition coefficient (Wildman–Crippen LogP) is 4.97. The molecule has 2 rings (SSSR count). The maximum atomic E-state index is 10.1. The molecule has 0 radical (unpaired) electrons. The third kappa shape index (κ3) is 2.84. The minimum atomic E-state index is -0.249. The van der Waals surface area contributed by atoms with Crippen LogP contribution in [0.15, 0.2) is 17.5 Å². The van der Waals surface area contributed by atoms with Crippen LogP contribution in [0.25, 0.3) is 9.40 Å². The number of aliphatic hydroxyl groups excluding tert-OH is 1. The number of aliphatic hydroxyl groups is 1. The van der Waals surface area contributed by atoms with Gasteiger partial charge in [-0.1, -0.05) is 32.6 Å². The monoisotopic (exact) mass is 254 g/mol. The molecule has 1 unspecified atom stereocenters. The van der Waals surface area contributed by atoms with E-state index in [4.69, 9.17) is 0 Å². The molecule has 2 aromatic rings. The van der Waals surface area contributed by atoms with Gasteiger partial charge in [-0.3, -0.25) is 0 Å². The first-order chi connectivity index (χ1) is 7.81. The van der Waals surface area contributed by atoms with Crippen LogP contribution in [0.3, 0.4) is 0 Å². The molecule has 0 aromatic carbocycles. The van der Waals surface area contributed by atoms with E-state index in [9.17, 15) is 5.11 Å². The van der Waals surface area contributed by atoms with E-state index >= 15 is 0 Å². The SMILES string of the molecule is CCCCCCC(O)c1cc2sccc2s1. The zero-order valence-electron chi connectivity index (χ0n) is 9.61. The fraction of sp³-hybridized carbons (Fsp3) is 0.538. The zero-order valence-corrected chi connectivity index (χ0v) is 11.2. The first-order valence-corrected chi connectivity index (χ1v) is 7.66. The third-order valence-electron chi connectivity index (χ3n) is 2.82. The fourth-order valence-corrected chi connectivity index (χ4v) is 4.00. The van der Waals surface area contributed by atoms with Gasteiger partial charge in [-0.2, -0.15) is 0 Å². The smallest absolute Gasteiger partial charge is 0.0882 e. The second-order valence-electron chi connectivity index (χ2n) is 4.16. The van der Waals surface area contributed by atoms with Crippen LogP contribution < -0.4 is 0 Å². The molecule has 0 aliphatic rings. The molecule has 3 heteroatoms. The first-order valence-electron chi connectivity index (χ1n) is 5.96. The molecule has 1 N–H and O–H groups in total. The van der Waals surface area contributed by atoms with Crippen LogP contribution in [0.2, 0.25) is 0 Å². The highest BCUT2D eigenvalue weighted by Gasteiger charge is 2.11. The van der Waals surface area contributed by atoms with Gasteiger partial charge in [0.15, 0.2) is 0 Å². The first kappa shape index (κ1) is 12.1. The van der Waals surface area contributed by atoms with Crippen molar-refractivity contribution in [2.75, 3.05) is 0 Å². The second-order valence-corrected chi connectivity index (χ2v) is 6.23. The molecule has 2 aromatic heterocycles. The summed E-state index contributed by atoms with van der Waals surface area (Å²) in [6.45, 7) is 2.21. The average molecular weight is 254 g/mol. The summed E-state index contributed by atoms with van der Waals surface area (Å²) in [5.74, 6) is 0. The van der Waals surface area contributed by atoms with E-state index in [2.05, 4.69) is 24.4 Å². The highest BCUT2D eigenvalue weighted by Crippen LogP contribution is 2.34. The van der Waals surface area contributed by atoms with Crippen molar-refractivity contribution >= 4 is 32.1 Å². The van der Waals surface area contributed by atoms with Crippen LogP contribution in [0.5, 0.6) is 0 Å². The Balaban J connectivity index is 1.89. The number of thiophene rings is 2. The Hall–Kier alpha value is -0.380. The van der Waals surface area contributed by atoms with E-state index in [0.717, 1.165) is 17.7 Å². The summed E-state index contributed by atoms with van der Waals surface area (Å²) in [6, 6.07) is 4.28. The Morgan fingerprint density at radius 2 is 2.12 bits per heavy atom. The van der Waals surface area contributed by atoms with Gasteiger partial charge in [0.2, 0.25) is 0 Å². The highest BCUT2D eigenvalue weighted by atomic mass is 32.1. The molecule has 0 aliphatic carbocycles. The lowest BCUT2D eigenvalue weighted by Gasteiger charge is -2.07. The molecule has 1 atom stereocenters. The van der Waals surface area contributed by atoms with Crippen molar-refractivity contribution in [2.45, 2.75) is 45.1 Å². The van der Waals surface area contributed by atoms with Gasteiger partial charge in [0.25, 0.3) is 0 Å². The molecule has 0 saturated carbocycles. The molecule has 0 amide bonds. The summed E-state index contributed by atoms with van der Waals surface area (Å²) >= 11 is 3.49. The topological polar surface area (TPSA) is 20.2 Å². The van der Waals surface area contributed by atoms with Gasteiger partial charge in [0, 0.05) is 14.3 Å². The molecule has 0 bridgehead atoms. The van der Waals surface area contributed by atoms with Gasteiger partial charge < -0.3 is 5.11 Å². The van der Waals surface area contributed by atoms with Crippen molar-refractivity contribution in [2.24, 2.45) is 0 Å². The Bertz CT molecular complexity index is 401. The lowest BCUT2D eigenvalue weighted by molar-refractivity contribution is 0.167. The molecule has 88 valence electrons. The fourth-order valence-electron chi connectivity index (χ4n) is 1.86. The quantitative estimate of drug-likeness (QED) is 0.722. The molecule has 0 spiro atoms. The zero-order chi connectivity index (χ0) is 11.4. The second kappa shape index (κ2) is 5.80. The van der Waals surface area contributed by atoms with Gasteiger partial charge in [-0.15, -0.1) is 22.7 Å². The molecule has 0 aliphatic heterocycles. The molecule has 0 fully saturated rings. The maximum Gasteiger partial charge on any atom is 0.0882 e. The van der Waals surface area contributed by atoms with Crippen LogP contribution in [-0.4, -0.2) is 5.11 Å². The summed E-state index contributed by atoms with van der Waals surface area (Å²) in [7, 11) is 0. The van der Waals surface area contributed by atoms with Gasteiger partial charge >= 0.3 is 0 Å². The van der Waals surface area contributed by atoms with Crippen LogP contribution >= 0.6 is 22.7 Å². The van der Waals surface area contributed by atoms with Crippen molar-refractivity contribution in [1.29, 1.82) is 0 Å². The third-order valence-corrected chi connectivity index (χ3v) is 5.01. The van der Waals surface area contributed by atoms with E-state index in [1.807, 2.05) is 0 Å². The number of rotatable bonds is 6. The van der Waals surface area contributed by atoms with E-state index in [1.54, 1.807) is 22.7 Å². The number of unbranched alkanes of at least 4 members (excludes halogenated alkanes) is 3. The van der Waals surface area contributed by atoms with Gasteiger partial charge in [0.1, 0.15) is 0 Å². The Kier molecular flexibility index (Phi) is 4.38. The number of hydrogen-bond donors (Lipinski definition) is 1. The molecule has 2 heterocycles. The van der Waals surface area contributed by atoms with E-state index in [1.165, 1.54) is 28.7 Å². The summed E-state index contributed by atoms with van der Waals surface area (Å²) in [5, 5.41) is 12.2. The van der Waals surface area contributed by atoms with Crippen molar-refractivity contribution in [3.05, 3.63) is 22.4 Å². The maximum absolute atomic E-state index is 10.1. The van der Waals surface area contributed by atoms with Gasteiger partial charge in [-0.25, -0.2) is 0 Å². The molecule has 1 nitrogen and oxygen atoms in total. The molecule has 0 saturated heterocycles. The van der Waals surface area contributed by atoms with Crippen molar-refractivity contribution < 1.29 is 5.11 Å². The van der Waals surface area contributed by atoms with Crippen LogP contribution in [0.4, 0.5) is 0 Å². The minimum absolute atomic E-state index is 0.249. The average Bonchev–Trinajstić information content (AvgIpc) is 2.83. The Labute approximate surface area is 105 Å². The number of fused-ring (bicyclic) bond motifs is 1. The largest absolute Gasteiger partial charge is 0.388 e. The van der Waals surface area contributed by atoms with E-state index in [-0.39, 0.29) is 6.10 Å². The minimum Gasteiger partial charge on any atom is -0.388 e. The van der Waals surface area contributed by atoms with Gasteiger partial charge in [0.05, 0.1) is 6.10 Å². The van der Waals surface area contributed by atoms with Crippen LogP contribution in [-0.2, 0) is 0 Å². The van der Waals surface area contributed by atoms with E-state index < -0.39 is 0 Å². The Morgan fingerprint density at radius 1 is 1.25 bits per heavy atom. The molecular weight excluding hydrogens is 236 g/mol. The molecule has 16 heavy (non-hydrogen) atoms. The van der Waals surface area contributed by atoms with Gasteiger partial charge in [-0.05, 0) is 23.9 Å². The number of hydrogen-bond acceptors (Lipinski definition) is 3. The lowest BCUT2D eigenvalue weighted by Crippen LogP contribution is -1.93. The van der Waals surface area contributed by atoms with Crippen molar-refractivity contribution in [1.82, 2.24) is 0 Å². The molecular formula is C13H18OS2. The van der Waals surface area contributed by atoms with Crippen LogP contribution in [0, 0.1) is 0 Å². The summed E-state index contributed by atoms with van der Waals surface area (Å²) in [6.07, 6.45) is 5.58. The normalized spacial score (nSPS) is 13.4. The highest BCUT2D eigenvalue weighted by molar-refractivity contribution is 7.26. The summed E-state index contributed by atoms with van der Waals surface area (Å²) in [5.41, 5.74) is 0. The lowest BCUT2D eigenvalue weighted by atomic mass is 10.1.